The van der Waals surface area contributed by atoms with Crippen molar-refractivity contribution >= 4 is 12.6 Å². The number of rotatable bonds is 1. The highest BCUT2D eigenvalue weighted by molar-refractivity contribution is 7.80. The standard InChI is InChI=1S/C8H11NOS/c1-3-7-4-5-9(10)8(11)6(7)2/h4-5,11H,3H2,1-2H3. The minimum atomic E-state index is 0.504. The van der Waals surface area contributed by atoms with Crippen molar-refractivity contribution in [2.75, 3.05) is 0 Å². The van der Waals surface area contributed by atoms with Gasteiger partial charge in [-0.25, -0.2) is 0 Å². The Morgan fingerprint density at radius 3 is 2.82 bits per heavy atom. The van der Waals surface area contributed by atoms with E-state index in [2.05, 4.69) is 19.6 Å². The molecule has 60 valence electrons. The van der Waals surface area contributed by atoms with Gasteiger partial charge in [-0.1, -0.05) is 19.6 Å². The van der Waals surface area contributed by atoms with Gasteiger partial charge in [0, 0.05) is 11.6 Å². The van der Waals surface area contributed by atoms with Crippen LogP contribution in [0.2, 0.25) is 0 Å². The molecule has 0 amide bonds. The van der Waals surface area contributed by atoms with Crippen LogP contribution in [0.1, 0.15) is 18.1 Å². The summed E-state index contributed by atoms with van der Waals surface area (Å²) in [5.74, 6) is 0. The first-order valence-electron chi connectivity index (χ1n) is 3.57. The van der Waals surface area contributed by atoms with Gasteiger partial charge in [-0.15, -0.1) is 0 Å². The second-order valence-corrected chi connectivity index (χ2v) is 2.89. The van der Waals surface area contributed by atoms with Crippen LogP contribution in [0.4, 0.5) is 0 Å². The van der Waals surface area contributed by atoms with E-state index in [1.54, 1.807) is 0 Å². The zero-order chi connectivity index (χ0) is 8.43. The predicted octanol–water partition coefficient (Wildman–Crippen LogP) is 1.48. The van der Waals surface area contributed by atoms with Crippen molar-refractivity contribution in [3.8, 4) is 0 Å². The Hall–Kier alpha value is -0.700. The highest BCUT2D eigenvalue weighted by Gasteiger charge is 2.07. The molecule has 3 heteroatoms. The van der Waals surface area contributed by atoms with Gasteiger partial charge in [0.15, 0.2) is 6.20 Å². The van der Waals surface area contributed by atoms with Gasteiger partial charge in [0.05, 0.1) is 0 Å². The Labute approximate surface area is 71.9 Å². The third-order valence-electron chi connectivity index (χ3n) is 1.82. The lowest BCUT2D eigenvalue weighted by molar-refractivity contribution is -0.645. The molecule has 0 radical (unpaired) electrons. The molecule has 1 aromatic heterocycles. The normalized spacial score (nSPS) is 10.1. The minimum absolute atomic E-state index is 0.504. The van der Waals surface area contributed by atoms with Gasteiger partial charge in [0.1, 0.15) is 0 Å². The van der Waals surface area contributed by atoms with E-state index in [0.29, 0.717) is 5.03 Å². The van der Waals surface area contributed by atoms with Crippen LogP contribution in [0, 0.1) is 12.1 Å². The third kappa shape index (κ3) is 1.48. The molecule has 0 fully saturated rings. The Morgan fingerprint density at radius 1 is 1.64 bits per heavy atom. The molecule has 0 aliphatic heterocycles. The fourth-order valence-corrected chi connectivity index (χ4v) is 1.26. The highest BCUT2D eigenvalue weighted by atomic mass is 32.1. The number of hydrogen-bond donors (Lipinski definition) is 1. The van der Waals surface area contributed by atoms with Crippen molar-refractivity contribution < 1.29 is 4.73 Å². The van der Waals surface area contributed by atoms with Crippen LogP contribution in [-0.4, -0.2) is 0 Å². The maximum atomic E-state index is 10.9. The summed E-state index contributed by atoms with van der Waals surface area (Å²) in [6, 6.07) is 1.84. The molecule has 11 heavy (non-hydrogen) atoms. The molecule has 0 saturated heterocycles. The Balaban J connectivity index is 3.25. The molecule has 0 spiro atoms. The van der Waals surface area contributed by atoms with E-state index in [1.807, 2.05) is 13.0 Å². The first kappa shape index (κ1) is 8.40. The van der Waals surface area contributed by atoms with Crippen LogP contribution < -0.4 is 4.73 Å². The van der Waals surface area contributed by atoms with E-state index < -0.39 is 0 Å². The molecule has 0 aliphatic rings. The van der Waals surface area contributed by atoms with Gasteiger partial charge in [0.2, 0.25) is 0 Å². The monoisotopic (exact) mass is 169 g/mol. The van der Waals surface area contributed by atoms with Crippen molar-refractivity contribution in [3.63, 3.8) is 0 Å². The number of aryl methyl sites for hydroxylation is 1. The lowest BCUT2D eigenvalue weighted by atomic mass is 10.1. The summed E-state index contributed by atoms with van der Waals surface area (Å²) in [6.45, 7) is 3.97. The molecule has 0 N–H and O–H groups in total. The van der Waals surface area contributed by atoms with Gasteiger partial charge in [-0.3, -0.25) is 0 Å². The highest BCUT2D eigenvalue weighted by Crippen LogP contribution is 2.12. The van der Waals surface area contributed by atoms with Crippen LogP contribution >= 0.6 is 12.6 Å². The van der Waals surface area contributed by atoms with Crippen LogP contribution in [0.15, 0.2) is 17.3 Å². The lowest BCUT2D eigenvalue weighted by Crippen LogP contribution is -2.28. The lowest BCUT2D eigenvalue weighted by Gasteiger charge is -2.05. The number of nitrogens with zero attached hydrogens (tertiary/aromatic N) is 1. The van der Waals surface area contributed by atoms with E-state index >= 15 is 0 Å². The molecule has 1 rings (SSSR count). The van der Waals surface area contributed by atoms with Crippen LogP contribution in [-0.2, 0) is 6.42 Å². The summed E-state index contributed by atoms with van der Waals surface area (Å²) in [5, 5.41) is 11.5. The summed E-state index contributed by atoms with van der Waals surface area (Å²) >= 11 is 4.09. The molecule has 2 nitrogen and oxygen atoms in total. The maximum absolute atomic E-state index is 10.9. The second kappa shape index (κ2) is 3.13. The Kier molecular flexibility index (Phi) is 2.39. The summed E-state index contributed by atoms with van der Waals surface area (Å²) in [4.78, 5) is 0. The van der Waals surface area contributed by atoms with E-state index in [-0.39, 0.29) is 0 Å². The molecule has 1 aromatic rings. The smallest absolute Gasteiger partial charge is 0.251 e. The molecule has 0 atom stereocenters. The Bertz CT molecular complexity index is 273. The van der Waals surface area contributed by atoms with E-state index in [0.717, 1.165) is 16.7 Å². The topological polar surface area (TPSA) is 26.9 Å². The van der Waals surface area contributed by atoms with Crippen LogP contribution in [0.5, 0.6) is 0 Å². The van der Waals surface area contributed by atoms with Crippen LogP contribution in [0.25, 0.3) is 0 Å². The minimum Gasteiger partial charge on any atom is -0.618 e. The maximum Gasteiger partial charge on any atom is 0.251 e. The third-order valence-corrected chi connectivity index (χ3v) is 2.35. The number of hydrogen-bond acceptors (Lipinski definition) is 2. The van der Waals surface area contributed by atoms with Gasteiger partial charge >= 0.3 is 0 Å². The molecule has 1 heterocycles. The molecular weight excluding hydrogens is 158 g/mol. The molecule has 0 aliphatic carbocycles. The number of aromatic nitrogens is 1. The summed E-state index contributed by atoms with van der Waals surface area (Å²) < 4.78 is 0.775. The first-order valence-corrected chi connectivity index (χ1v) is 4.02. The SMILES string of the molecule is CCc1cc[n+]([O-])c(S)c1C. The fourth-order valence-electron chi connectivity index (χ4n) is 1.05. The van der Waals surface area contributed by atoms with Crippen molar-refractivity contribution in [1.82, 2.24) is 0 Å². The van der Waals surface area contributed by atoms with Gasteiger partial charge in [0.25, 0.3) is 5.03 Å². The second-order valence-electron chi connectivity index (χ2n) is 2.47. The molecule has 0 aromatic carbocycles. The van der Waals surface area contributed by atoms with Gasteiger partial charge in [-0.2, -0.15) is 4.73 Å². The molecule has 0 unspecified atom stereocenters. The number of thiol groups is 1. The van der Waals surface area contributed by atoms with E-state index in [9.17, 15) is 5.21 Å². The van der Waals surface area contributed by atoms with Crippen molar-refractivity contribution in [2.45, 2.75) is 25.3 Å². The van der Waals surface area contributed by atoms with E-state index in [4.69, 9.17) is 0 Å². The molecule has 0 bridgehead atoms. The Morgan fingerprint density at radius 2 is 2.27 bits per heavy atom. The van der Waals surface area contributed by atoms with Crippen molar-refractivity contribution in [1.29, 1.82) is 0 Å². The predicted molar refractivity (Wildman–Crippen MR) is 46.8 cm³/mol. The average molecular weight is 169 g/mol. The quantitative estimate of drug-likeness (QED) is 0.385. The van der Waals surface area contributed by atoms with Crippen molar-refractivity contribution in [2.24, 2.45) is 0 Å². The molecular formula is C8H11NOS. The zero-order valence-corrected chi connectivity index (χ0v) is 7.56. The molecule has 0 saturated carbocycles. The zero-order valence-electron chi connectivity index (χ0n) is 6.66. The average Bonchev–Trinajstić information content (AvgIpc) is 2.01. The van der Waals surface area contributed by atoms with E-state index in [1.165, 1.54) is 11.8 Å². The first-order chi connectivity index (χ1) is 5.16. The van der Waals surface area contributed by atoms with Crippen LogP contribution in [0.3, 0.4) is 0 Å². The summed E-state index contributed by atoms with van der Waals surface area (Å²) in [7, 11) is 0. The van der Waals surface area contributed by atoms with Gasteiger partial charge < -0.3 is 5.21 Å². The number of pyridine rings is 1. The van der Waals surface area contributed by atoms with Gasteiger partial charge in [-0.05, 0) is 18.9 Å². The summed E-state index contributed by atoms with van der Waals surface area (Å²) in [6.07, 6.45) is 2.44. The summed E-state index contributed by atoms with van der Waals surface area (Å²) in [5.41, 5.74) is 2.16. The fraction of sp³-hybridized carbons (Fsp3) is 0.375. The largest absolute Gasteiger partial charge is 0.618 e. The van der Waals surface area contributed by atoms with Crippen molar-refractivity contribution in [3.05, 3.63) is 28.6 Å².